The third-order valence-electron chi connectivity index (χ3n) is 4.12. The lowest BCUT2D eigenvalue weighted by Crippen LogP contribution is -2.01. The number of hydrogen-bond acceptors (Lipinski definition) is 1. The number of benzene rings is 2. The lowest BCUT2D eigenvalue weighted by Gasteiger charge is -2.15. The van der Waals surface area contributed by atoms with Crippen molar-refractivity contribution in [2.75, 3.05) is 0 Å². The third-order valence-corrected chi connectivity index (χ3v) is 4.45. The van der Waals surface area contributed by atoms with Crippen LogP contribution in [0.3, 0.4) is 0 Å². The second-order valence-corrected chi connectivity index (χ2v) is 6.33. The first-order valence-corrected chi connectivity index (χ1v) is 8.42. The van der Waals surface area contributed by atoms with Crippen LogP contribution in [-0.2, 0) is 0 Å². The molecular weight excluding hydrogens is 339 g/mol. The van der Waals surface area contributed by atoms with E-state index in [1.54, 1.807) is 24.3 Å². The maximum absolute atomic E-state index is 14.2. The van der Waals surface area contributed by atoms with Gasteiger partial charge in [-0.3, -0.25) is 0 Å². The first-order chi connectivity index (χ1) is 11.8. The summed E-state index contributed by atoms with van der Waals surface area (Å²) in [5, 5.41) is 9.78. The molecule has 0 aromatic heterocycles. The molecule has 0 saturated carbocycles. The maximum Gasteiger partial charge on any atom is 0.335 e. The van der Waals surface area contributed by atoms with Crippen LogP contribution in [0.5, 0.6) is 0 Å². The van der Waals surface area contributed by atoms with E-state index < -0.39 is 11.8 Å². The van der Waals surface area contributed by atoms with Gasteiger partial charge in [0.05, 0.1) is 5.56 Å². The number of rotatable bonds is 6. The Morgan fingerprint density at radius 1 is 1.24 bits per heavy atom. The monoisotopic (exact) mass is 358 g/mol. The molecule has 2 aromatic carbocycles. The predicted molar refractivity (Wildman–Crippen MR) is 101 cm³/mol. The number of allylic oxidation sites excluding steroid dienone is 1. The van der Waals surface area contributed by atoms with Crippen molar-refractivity contribution in [2.24, 2.45) is 5.92 Å². The fourth-order valence-corrected chi connectivity index (χ4v) is 2.82. The number of carboxylic acid groups (broad SMARTS) is 1. The Morgan fingerprint density at radius 2 is 1.92 bits per heavy atom. The largest absolute Gasteiger partial charge is 0.478 e. The van der Waals surface area contributed by atoms with Crippen LogP contribution in [0.25, 0.3) is 10.6 Å². The minimum absolute atomic E-state index is 0.101. The van der Waals surface area contributed by atoms with Crippen molar-refractivity contribution in [1.82, 2.24) is 0 Å². The number of carboxylic acids is 1. The van der Waals surface area contributed by atoms with E-state index in [0.717, 1.165) is 6.42 Å². The van der Waals surface area contributed by atoms with Crippen molar-refractivity contribution in [3.63, 3.8) is 0 Å². The molecule has 0 saturated heterocycles. The van der Waals surface area contributed by atoms with Crippen LogP contribution in [0.4, 0.5) is 4.39 Å². The van der Waals surface area contributed by atoms with Gasteiger partial charge < -0.3 is 5.11 Å². The third kappa shape index (κ3) is 4.37. The molecule has 0 aliphatic heterocycles. The van der Waals surface area contributed by atoms with Gasteiger partial charge in [-0.15, -0.1) is 0 Å². The van der Waals surface area contributed by atoms with Gasteiger partial charge in [0.1, 0.15) is 5.82 Å². The molecule has 1 unspecified atom stereocenters. The highest BCUT2D eigenvalue weighted by Crippen LogP contribution is 2.33. The van der Waals surface area contributed by atoms with Gasteiger partial charge in [0.2, 0.25) is 0 Å². The van der Waals surface area contributed by atoms with Crippen molar-refractivity contribution >= 4 is 28.2 Å². The van der Waals surface area contributed by atoms with Crippen molar-refractivity contribution in [3.05, 3.63) is 83.2 Å². The van der Waals surface area contributed by atoms with Crippen molar-refractivity contribution in [2.45, 2.75) is 20.3 Å². The standard InChI is InChI=1S/C21H20ClFO2/c1-4-13(2)11-19(22)17-10-9-15(21(24)25)12-18(17)14(3)16-7-5-6-8-20(16)23/h5-13H,3-4H2,1-2H3,(H,24,25)/b19-11+. The Kier molecular flexibility index (Phi) is 6.16. The maximum atomic E-state index is 14.2. The Labute approximate surface area is 152 Å². The van der Waals surface area contributed by atoms with Crippen LogP contribution >= 0.6 is 11.6 Å². The summed E-state index contributed by atoms with van der Waals surface area (Å²) < 4.78 is 14.2. The Morgan fingerprint density at radius 3 is 2.52 bits per heavy atom. The van der Waals surface area contributed by atoms with Crippen LogP contribution in [0.15, 0.2) is 55.1 Å². The predicted octanol–water partition coefficient (Wildman–Crippen LogP) is 6.21. The van der Waals surface area contributed by atoms with E-state index in [2.05, 4.69) is 13.5 Å². The fourth-order valence-electron chi connectivity index (χ4n) is 2.44. The van der Waals surface area contributed by atoms with Gasteiger partial charge in [0, 0.05) is 16.2 Å². The molecule has 25 heavy (non-hydrogen) atoms. The van der Waals surface area contributed by atoms with Crippen molar-refractivity contribution in [1.29, 1.82) is 0 Å². The molecule has 2 aromatic rings. The number of halogens is 2. The topological polar surface area (TPSA) is 37.3 Å². The van der Waals surface area contributed by atoms with E-state index in [-0.39, 0.29) is 11.5 Å². The highest BCUT2D eigenvalue weighted by atomic mass is 35.5. The molecule has 1 N–H and O–H groups in total. The SMILES string of the molecule is C=C(c1ccccc1F)c1cc(C(=O)O)ccc1/C(Cl)=C\C(C)CC. The molecule has 2 nitrogen and oxygen atoms in total. The minimum Gasteiger partial charge on any atom is -0.478 e. The summed E-state index contributed by atoms with van der Waals surface area (Å²) in [6.45, 7) is 8.07. The molecule has 1 atom stereocenters. The first kappa shape index (κ1) is 18.9. The van der Waals surface area contributed by atoms with Crippen molar-refractivity contribution in [3.8, 4) is 0 Å². The van der Waals surface area contributed by atoms with Crippen molar-refractivity contribution < 1.29 is 14.3 Å². The highest BCUT2D eigenvalue weighted by Gasteiger charge is 2.16. The molecule has 0 fully saturated rings. The van der Waals surface area contributed by atoms with Gasteiger partial charge in [-0.25, -0.2) is 9.18 Å². The quantitative estimate of drug-likeness (QED) is 0.666. The van der Waals surface area contributed by atoms with Gasteiger partial charge >= 0.3 is 5.97 Å². The summed E-state index contributed by atoms with van der Waals surface area (Å²) in [6, 6.07) is 10.9. The average Bonchev–Trinajstić information content (AvgIpc) is 2.60. The lowest BCUT2D eigenvalue weighted by molar-refractivity contribution is 0.0697. The molecule has 0 aliphatic carbocycles. The zero-order chi connectivity index (χ0) is 18.6. The normalized spacial score (nSPS) is 12.7. The number of carbonyl (C=O) groups is 1. The van der Waals surface area contributed by atoms with E-state index in [4.69, 9.17) is 11.6 Å². The summed E-state index contributed by atoms with van der Waals surface area (Å²) in [4.78, 5) is 11.3. The molecule has 0 bridgehead atoms. The minimum atomic E-state index is -1.06. The Balaban J connectivity index is 2.62. The van der Waals surface area contributed by atoms with Crippen LogP contribution in [0.1, 0.15) is 47.3 Å². The molecule has 2 rings (SSSR count). The van der Waals surface area contributed by atoms with Gasteiger partial charge in [-0.05, 0) is 35.3 Å². The average molecular weight is 359 g/mol. The molecule has 0 amide bonds. The van der Waals surface area contributed by atoms with Gasteiger partial charge in [-0.2, -0.15) is 0 Å². The van der Waals surface area contributed by atoms with E-state index >= 15 is 0 Å². The highest BCUT2D eigenvalue weighted by molar-refractivity contribution is 6.49. The molecule has 0 aliphatic rings. The molecule has 0 radical (unpaired) electrons. The zero-order valence-electron chi connectivity index (χ0n) is 14.2. The summed E-state index contributed by atoms with van der Waals surface area (Å²) in [7, 11) is 0. The second-order valence-electron chi connectivity index (χ2n) is 5.92. The number of hydrogen-bond donors (Lipinski definition) is 1. The van der Waals surface area contributed by atoms with Crippen LogP contribution in [0, 0.1) is 11.7 Å². The summed E-state index contributed by atoms with van der Waals surface area (Å²) in [5.41, 5.74) is 1.96. The Bertz CT molecular complexity index is 840. The van der Waals surface area contributed by atoms with E-state index in [9.17, 15) is 14.3 Å². The molecule has 0 spiro atoms. The summed E-state index contributed by atoms with van der Waals surface area (Å²) >= 11 is 6.47. The molecular formula is C21H20ClFO2. The Hall–Kier alpha value is -2.39. The molecule has 130 valence electrons. The van der Waals surface area contributed by atoms with Crippen LogP contribution in [-0.4, -0.2) is 11.1 Å². The van der Waals surface area contributed by atoms with E-state index in [0.29, 0.717) is 27.3 Å². The molecule has 0 heterocycles. The number of aromatic carboxylic acids is 1. The van der Waals surface area contributed by atoms with E-state index in [1.807, 2.05) is 13.0 Å². The molecule has 4 heteroatoms. The summed E-state index contributed by atoms with van der Waals surface area (Å²) in [6.07, 6.45) is 2.84. The smallest absolute Gasteiger partial charge is 0.335 e. The summed E-state index contributed by atoms with van der Waals surface area (Å²) in [5.74, 6) is -1.21. The van der Waals surface area contributed by atoms with E-state index in [1.165, 1.54) is 18.2 Å². The van der Waals surface area contributed by atoms with Crippen LogP contribution in [0.2, 0.25) is 0 Å². The fraction of sp³-hybridized carbons (Fsp3) is 0.190. The van der Waals surface area contributed by atoms with Gasteiger partial charge in [0.25, 0.3) is 0 Å². The van der Waals surface area contributed by atoms with Gasteiger partial charge in [-0.1, -0.05) is 68.8 Å². The van der Waals surface area contributed by atoms with Crippen LogP contribution < -0.4 is 0 Å². The van der Waals surface area contributed by atoms with Gasteiger partial charge in [0.15, 0.2) is 0 Å². The zero-order valence-corrected chi connectivity index (χ0v) is 15.0. The second kappa shape index (κ2) is 8.13. The lowest BCUT2D eigenvalue weighted by atomic mass is 9.92. The first-order valence-electron chi connectivity index (χ1n) is 8.04.